The first kappa shape index (κ1) is 13.4. The summed E-state index contributed by atoms with van der Waals surface area (Å²) in [6.45, 7) is 7.33. The topological polar surface area (TPSA) is 12.0 Å². The first-order valence-corrected chi connectivity index (χ1v) is 7.81. The average molecular weight is 237 g/mol. The van der Waals surface area contributed by atoms with Gasteiger partial charge in [-0.2, -0.15) is 0 Å². The van der Waals surface area contributed by atoms with Gasteiger partial charge >= 0.3 is 0 Å². The van der Waals surface area contributed by atoms with Crippen molar-refractivity contribution in [1.29, 1.82) is 0 Å². The average Bonchev–Trinajstić information content (AvgIpc) is 2.42. The van der Waals surface area contributed by atoms with E-state index in [-0.39, 0.29) is 0 Å². The van der Waals surface area contributed by atoms with Crippen molar-refractivity contribution in [3.63, 3.8) is 0 Å². The Morgan fingerprint density at radius 1 is 0.882 bits per heavy atom. The van der Waals surface area contributed by atoms with Crippen molar-refractivity contribution in [3.8, 4) is 0 Å². The number of nitrogens with one attached hydrogen (secondary N) is 1. The molecule has 1 heteroatoms. The van der Waals surface area contributed by atoms with Gasteiger partial charge in [-0.05, 0) is 43.4 Å². The zero-order valence-corrected chi connectivity index (χ0v) is 12.1. The Balaban J connectivity index is 1.84. The summed E-state index contributed by atoms with van der Waals surface area (Å²) in [5, 5.41) is 3.98. The Bertz CT molecular complexity index is 226. The minimum absolute atomic E-state index is 0.556. The van der Waals surface area contributed by atoms with E-state index >= 15 is 0 Å². The van der Waals surface area contributed by atoms with Crippen LogP contribution in [0, 0.1) is 11.3 Å². The van der Waals surface area contributed by atoms with Crippen molar-refractivity contribution in [2.45, 2.75) is 90.6 Å². The molecule has 1 nitrogen and oxygen atoms in total. The summed E-state index contributed by atoms with van der Waals surface area (Å²) in [7, 11) is 0. The highest BCUT2D eigenvalue weighted by atomic mass is 15.0. The van der Waals surface area contributed by atoms with Crippen molar-refractivity contribution in [2.75, 3.05) is 0 Å². The lowest BCUT2D eigenvalue weighted by Crippen LogP contribution is -2.44. The molecule has 0 aromatic carbocycles. The highest BCUT2D eigenvalue weighted by molar-refractivity contribution is 4.88. The molecule has 0 aliphatic heterocycles. The van der Waals surface area contributed by atoms with Crippen LogP contribution in [0.25, 0.3) is 0 Å². The van der Waals surface area contributed by atoms with Gasteiger partial charge in [-0.3, -0.25) is 0 Å². The third-order valence-corrected chi connectivity index (χ3v) is 4.71. The van der Waals surface area contributed by atoms with Crippen LogP contribution >= 0.6 is 0 Å². The summed E-state index contributed by atoms with van der Waals surface area (Å²) in [6, 6.07) is 1.61. The smallest absolute Gasteiger partial charge is 0.00772 e. The van der Waals surface area contributed by atoms with Crippen LogP contribution in [0.1, 0.15) is 78.6 Å². The van der Waals surface area contributed by atoms with Crippen LogP contribution < -0.4 is 5.32 Å². The minimum atomic E-state index is 0.556. The second kappa shape index (κ2) is 5.73. The monoisotopic (exact) mass is 237 g/mol. The standard InChI is InChI=1S/C16H31N/c1-13-10-15(12-16(2,3)11-13)17-14-8-6-4-5-7-9-14/h13-15,17H,4-12H2,1-3H3. The summed E-state index contributed by atoms with van der Waals surface area (Å²) in [5.41, 5.74) is 0.556. The quantitative estimate of drug-likeness (QED) is 0.697. The molecule has 2 fully saturated rings. The summed E-state index contributed by atoms with van der Waals surface area (Å²) in [4.78, 5) is 0. The van der Waals surface area contributed by atoms with E-state index < -0.39 is 0 Å². The molecule has 2 aliphatic carbocycles. The molecule has 0 amide bonds. The molecule has 0 saturated heterocycles. The molecule has 1 N–H and O–H groups in total. The molecule has 0 spiro atoms. The van der Waals surface area contributed by atoms with Crippen molar-refractivity contribution < 1.29 is 0 Å². The molecular formula is C16H31N. The molecule has 100 valence electrons. The van der Waals surface area contributed by atoms with E-state index in [0.29, 0.717) is 5.41 Å². The Morgan fingerprint density at radius 3 is 2.12 bits per heavy atom. The van der Waals surface area contributed by atoms with Gasteiger partial charge in [0.2, 0.25) is 0 Å². The number of rotatable bonds is 2. The molecule has 0 aromatic rings. The fourth-order valence-corrected chi connectivity index (χ4v) is 4.25. The first-order chi connectivity index (χ1) is 8.05. The van der Waals surface area contributed by atoms with Gasteiger partial charge in [-0.1, -0.05) is 46.5 Å². The molecule has 2 rings (SSSR count). The number of hydrogen-bond donors (Lipinski definition) is 1. The van der Waals surface area contributed by atoms with Crippen LogP contribution in [0.4, 0.5) is 0 Å². The van der Waals surface area contributed by atoms with E-state index in [1.165, 1.54) is 57.8 Å². The second-order valence-corrected chi connectivity index (χ2v) is 7.47. The Hall–Kier alpha value is -0.0400. The van der Waals surface area contributed by atoms with Gasteiger partial charge in [0, 0.05) is 12.1 Å². The normalized spacial score (nSPS) is 35.5. The van der Waals surface area contributed by atoms with Crippen LogP contribution in [-0.4, -0.2) is 12.1 Å². The third kappa shape index (κ3) is 4.28. The van der Waals surface area contributed by atoms with Gasteiger partial charge in [-0.25, -0.2) is 0 Å². The molecule has 2 unspecified atom stereocenters. The fraction of sp³-hybridized carbons (Fsp3) is 1.00. The summed E-state index contributed by atoms with van der Waals surface area (Å²) >= 11 is 0. The molecular weight excluding hydrogens is 206 g/mol. The molecule has 0 bridgehead atoms. The fourth-order valence-electron chi connectivity index (χ4n) is 4.25. The highest BCUT2D eigenvalue weighted by Gasteiger charge is 2.32. The summed E-state index contributed by atoms with van der Waals surface area (Å²) in [5.74, 6) is 0.905. The van der Waals surface area contributed by atoms with E-state index in [1.807, 2.05) is 0 Å². The van der Waals surface area contributed by atoms with Crippen LogP contribution in [0.5, 0.6) is 0 Å². The maximum absolute atomic E-state index is 3.98. The third-order valence-electron chi connectivity index (χ3n) is 4.71. The zero-order valence-electron chi connectivity index (χ0n) is 12.1. The van der Waals surface area contributed by atoms with Gasteiger partial charge in [0.25, 0.3) is 0 Å². The predicted octanol–water partition coefficient (Wildman–Crippen LogP) is 4.51. The van der Waals surface area contributed by atoms with Gasteiger partial charge < -0.3 is 5.32 Å². The van der Waals surface area contributed by atoms with Gasteiger partial charge in [-0.15, -0.1) is 0 Å². The highest BCUT2D eigenvalue weighted by Crippen LogP contribution is 2.38. The Morgan fingerprint density at radius 2 is 1.53 bits per heavy atom. The van der Waals surface area contributed by atoms with Gasteiger partial charge in [0.15, 0.2) is 0 Å². The van der Waals surface area contributed by atoms with Crippen LogP contribution in [0.3, 0.4) is 0 Å². The van der Waals surface area contributed by atoms with Crippen LogP contribution in [0.15, 0.2) is 0 Å². The van der Waals surface area contributed by atoms with E-state index in [0.717, 1.165) is 18.0 Å². The molecule has 2 atom stereocenters. The Kier molecular flexibility index (Phi) is 4.52. The molecule has 2 saturated carbocycles. The Labute approximate surface area is 108 Å². The lowest BCUT2D eigenvalue weighted by molar-refractivity contribution is 0.142. The summed E-state index contributed by atoms with van der Waals surface area (Å²) < 4.78 is 0. The second-order valence-electron chi connectivity index (χ2n) is 7.47. The van der Waals surface area contributed by atoms with E-state index in [4.69, 9.17) is 0 Å². The van der Waals surface area contributed by atoms with Crippen molar-refractivity contribution in [3.05, 3.63) is 0 Å². The van der Waals surface area contributed by atoms with E-state index in [2.05, 4.69) is 26.1 Å². The molecule has 0 heterocycles. The van der Waals surface area contributed by atoms with Crippen molar-refractivity contribution in [2.24, 2.45) is 11.3 Å². The summed E-state index contributed by atoms with van der Waals surface area (Å²) in [6.07, 6.45) is 12.9. The molecule has 2 aliphatic rings. The lowest BCUT2D eigenvalue weighted by Gasteiger charge is -2.40. The molecule has 0 radical (unpaired) electrons. The predicted molar refractivity (Wildman–Crippen MR) is 75.2 cm³/mol. The van der Waals surface area contributed by atoms with Gasteiger partial charge in [0.1, 0.15) is 0 Å². The number of hydrogen-bond acceptors (Lipinski definition) is 1. The van der Waals surface area contributed by atoms with E-state index in [9.17, 15) is 0 Å². The zero-order chi connectivity index (χ0) is 12.3. The van der Waals surface area contributed by atoms with Crippen LogP contribution in [-0.2, 0) is 0 Å². The van der Waals surface area contributed by atoms with Crippen molar-refractivity contribution >= 4 is 0 Å². The van der Waals surface area contributed by atoms with E-state index in [1.54, 1.807) is 0 Å². The van der Waals surface area contributed by atoms with Gasteiger partial charge in [0.05, 0.1) is 0 Å². The molecule has 17 heavy (non-hydrogen) atoms. The maximum atomic E-state index is 3.98. The van der Waals surface area contributed by atoms with Crippen LogP contribution in [0.2, 0.25) is 0 Å². The largest absolute Gasteiger partial charge is 0.311 e. The maximum Gasteiger partial charge on any atom is 0.00772 e. The van der Waals surface area contributed by atoms with Crippen molar-refractivity contribution in [1.82, 2.24) is 5.32 Å². The molecule has 0 aromatic heterocycles. The SMILES string of the molecule is CC1CC(NC2CCCCCC2)CC(C)(C)C1. The minimum Gasteiger partial charge on any atom is -0.311 e. The first-order valence-electron chi connectivity index (χ1n) is 7.81. The lowest BCUT2D eigenvalue weighted by atomic mass is 9.70.